The number of ether oxygens (including phenoxy) is 1. The molecule has 0 aromatic heterocycles. The van der Waals surface area contributed by atoms with E-state index in [-0.39, 0.29) is 0 Å². The molecule has 106 valence electrons. The highest BCUT2D eigenvalue weighted by Gasteiger charge is 2.28. The molecule has 3 nitrogen and oxygen atoms in total. The minimum atomic E-state index is 0.844. The van der Waals surface area contributed by atoms with Crippen molar-refractivity contribution in [1.29, 1.82) is 0 Å². The van der Waals surface area contributed by atoms with Crippen molar-refractivity contribution in [2.24, 2.45) is 11.8 Å². The van der Waals surface area contributed by atoms with Crippen LogP contribution in [0.3, 0.4) is 0 Å². The fraction of sp³-hybridized carbons (Fsp3) is 1.00. The molecule has 0 aromatic rings. The normalized spacial score (nSPS) is 19.7. The Bertz CT molecular complexity index is 201. The lowest BCUT2D eigenvalue weighted by Crippen LogP contribution is -2.35. The summed E-state index contributed by atoms with van der Waals surface area (Å²) in [7, 11) is 0. The first-order valence-electron chi connectivity index (χ1n) is 7.89. The van der Waals surface area contributed by atoms with E-state index in [4.69, 9.17) is 4.74 Å². The van der Waals surface area contributed by atoms with Crippen molar-refractivity contribution in [3.8, 4) is 0 Å². The fourth-order valence-electron chi connectivity index (χ4n) is 2.39. The first-order chi connectivity index (χ1) is 8.88. The lowest BCUT2D eigenvalue weighted by molar-refractivity contribution is 0.144. The van der Waals surface area contributed by atoms with Crippen molar-refractivity contribution in [3.63, 3.8) is 0 Å². The van der Waals surface area contributed by atoms with Crippen molar-refractivity contribution in [2.45, 2.75) is 39.0 Å². The molecule has 2 saturated carbocycles. The molecule has 0 bridgehead atoms. The molecule has 2 aliphatic rings. The van der Waals surface area contributed by atoms with Crippen LogP contribution in [-0.4, -0.2) is 50.8 Å². The molecule has 0 aromatic carbocycles. The molecule has 2 aliphatic carbocycles. The summed E-state index contributed by atoms with van der Waals surface area (Å²) in [5.41, 5.74) is 0. The van der Waals surface area contributed by atoms with Crippen molar-refractivity contribution in [1.82, 2.24) is 10.2 Å². The van der Waals surface area contributed by atoms with Gasteiger partial charge < -0.3 is 15.0 Å². The van der Waals surface area contributed by atoms with Gasteiger partial charge in [-0.3, -0.25) is 0 Å². The lowest BCUT2D eigenvalue weighted by atomic mass is 10.3. The summed E-state index contributed by atoms with van der Waals surface area (Å²) in [6.45, 7) is 10.00. The smallest absolute Gasteiger partial charge is 0.0477 e. The quantitative estimate of drug-likeness (QED) is 0.540. The van der Waals surface area contributed by atoms with Gasteiger partial charge in [0.15, 0.2) is 0 Å². The molecule has 0 spiro atoms. The Kier molecular flexibility index (Phi) is 6.46. The zero-order chi connectivity index (χ0) is 12.6. The van der Waals surface area contributed by atoms with Gasteiger partial charge in [-0.2, -0.15) is 0 Å². The van der Waals surface area contributed by atoms with E-state index in [0.717, 1.165) is 44.6 Å². The lowest BCUT2D eigenvalue weighted by Gasteiger charge is -2.22. The summed E-state index contributed by atoms with van der Waals surface area (Å²) in [6.07, 6.45) is 7.04. The molecule has 1 N–H and O–H groups in total. The maximum Gasteiger partial charge on any atom is 0.0477 e. The Morgan fingerprint density at radius 1 is 1.06 bits per heavy atom. The van der Waals surface area contributed by atoms with Crippen LogP contribution in [0.15, 0.2) is 0 Å². The maximum atomic E-state index is 5.33. The first kappa shape index (κ1) is 14.3. The van der Waals surface area contributed by atoms with Gasteiger partial charge in [0.2, 0.25) is 0 Å². The fourth-order valence-corrected chi connectivity index (χ4v) is 2.39. The van der Waals surface area contributed by atoms with Crippen LogP contribution < -0.4 is 5.32 Å². The molecular weight excluding hydrogens is 224 g/mol. The van der Waals surface area contributed by atoms with E-state index in [1.54, 1.807) is 0 Å². The Labute approximate surface area is 112 Å². The zero-order valence-corrected chi connectivity index (χ0v) is 12.0. The van der Waals surface area contributed by atoms with Gasteiger partial charge in [-0.25, -0.2) is 0 Å². The van der Waals surface area contributed by atoms with Gasteiger partial charge in [0.1, 0.15) is 0 Å². The van der Waals surface area contributed by atoms with E-state index in [1.165, 1.54) is 45.3 Å². The Balaban J connectivity index is 1.45. The topological polar surface area (TPSA) is 24.5 Å². The molecule has 0 saturated heterocycles. The minimum absolute atomic E-state index is 0.844. The summed E-state index contributed by atoms with van der Waals surface area (Å²) in [4.78, 5) is 2.70. The van der Waals surface area contributed by atoms with Gasteiger partial charge in [-0.05, 0) is 57.4 Å². The first-order valence-corrected chi connectivity index (χ1v) is 7.89. The molecule has 3 heteroatoms. The number of rotatable bonds is 12. The van der Waals surface area contributed by atoms with Crippen LogP contribution in [0, 0.1) is 11.8 Å². The van der Waals surface area contributed by atoms with Crippen LogP contribution in [-0.2, 0) is 4.74 Å². The standard InChI is InChI=1S/C15H30N2O/c1-2-18-11-3-8-16-9-10-17(12-14-4-5-14)13-15-6-7-15/h14-16H,2-13H2,1H3. The van der Waals surface area contributed by atoms with E-state index < -0.39 is 0 Å². The molecule has 0 heterocycles. The predicted octanol–water partition coefficient (Wildman–Crippen LogP) is 2.12. The monoisotopic (exact) mass is 254 g/mol. The van der Waals surface area contributed by atoms with Crippen molar-refractivity contribution < 1.29 is 4.74 Å². The second-order valence-corrected chi connectivity index (χ2v) is 5.95. The Morgan fingerprint density at radius 2 is 1.72 bits per heavy atom. The van der Waals surface area contributed by atoms with Crippen LogP contribution in [0.4, 0.5) is 0 Å². The highest BCUT2D eigenvalue weighted by Crippen LogP contribution is 2.33. The van der Waals surface area contributed by atoms with Crippen molar-refractivity contribution >= 4 is 0 Å². The predicted molar refractivity (Wildman–Crippen MR) is 75.9 cm³/mol. The molecule has 2 fully saturated rings. The van der Waals surface area contributed by atoms with E-state index in [2.05, 4.69) is 17.1 Å². The molecule has 0 radical (unpaired) electrons. The van der Waals surface area contributed by atoms with Crippen molar-refractivity contribution in [2.75, 3.05) is 45.9 Å². The van der Waals surface area contributed by atoms with E-state index in [1.807, 2.05) is 0 Å². The Hall–Kier alpha value is -0.120. The summed E-state index contributed by atoms with van der Waals surface area (Å²) in [5, 5.41) is 3.54. The van der Waals surface area contributed by atoms with Crippen LogP contribution in [0.1, 0.15) is 39.0 Å². The second kappa shape index (κ2) is 8.13. The van der Waals surface area contributed by atoms with E-state index >= 15 is 0 Å². The summed E-state index contributed by atoms with van der Waals surface area (Å²) in [5.74, 6) is 2.06. The van der Waals surface area contributed by atoms with Crippen LogP contribution in [0.25, 0.3) is 0 Å². The molecule has 18 heavy (non-hydrogen) atoms. The summed E-state index contributed by atoms with van der Waals surface area (Å²) < 4.78 is 5.33. The highest BCUT2D eigenvalue weighted by molar-refractivity contribution is 4.82. The average molecular weight is 254 g/mol. The summed E-state index contributed by atoms with van der Waals surface area (Å²) in [6, 6.07) is 0. The largest absolute Gasteiger partial charge is 0.382 e. The van der Waals surface area contributed by atoms with Gasteiger partial charge in [0, 0.05) is 39.4 Å². The SMILES string of the molecule is CCOCCCNCCN(CC1CC1)CC1CC1. The third-order valence-corrected chi connectivity index (χ3v) is 3.88. The minimum Gasteiger partial charge on any atom is -0.382 e. The summed E-state index contributed by atoms with van der Waals surface area (Å²) >= 11 is 0. The van der Waals surface area contributed by atoms with Gasteiger partial charge in [-0.15, -0.1) is 0 Å². The van der Waals surface area contributed by atoms with E-state index in [0.29, 0.717) is 0 Å². The Morgan fingerprint density at radius 3 is 2.28 bits per heavy atom. The second-order valence-electron chi connectivity index (χ2n) is 5.95. The highest BCUT2D eigenvalue weighted by atomic mass is 16.5. The molecule has 0 atom stereocenters. The molecule has 0 amide bonds. The third kappa shape index (κ3) is 6.72. The van der Waals surface area contributed by atoms with Crippen LogP contribution >= 0.6 is 0 Å². The van der Waals surface area contributed by atoms with Crippen LogP contribution in [0.5, 0.6) is 0 Å². The van der Waals surface area contributed by atoms with Crippen molar-refractivity contribution in [3.05, 3.63) is 0 Å². The molecule has 0 aliphatic heterocycles. The maximum absolute atomic E-state index is 5.33. The average Bonchev–Trinajstić information content (AvgIpc) is 3.23. The van der Waals surface area contributed by atoms with Gasteiger partial charge in [-0.1, -0.05) is 0 Å². The number of nitrogens with zero attached hydrogens (tertiary/aromatic N) is 1. The van der Waals surface area contributed by atoms with Gasteiger partial charge in [0.25, 0.3) is 0 Å². The zero-order valence-electron chi connectivity index (χ0n) is 12.0. The third-order valence-electron chi connectivity index (χ3n) is 3.88. The molecule has 0 unspecified atom stereocenters. The number of nitrogens with one attached hydrogen (secondary N) is 1. The molecular formula is C15H30N2O. The number of hydrogen-bond acceptors (Lipinski definition) is 3. The molecule has 2 rings (SSSR count). The van der Waals surface area contributed by atoms with Crippen LogP contribution in [0.2, 0.25) is 0 Å². The number of hydrogen-bond donors (Lipinski definition) is 1. The van der Waals surface area contributed by atoms with Gasteiger partial charge >= 0.3 is 0 Å². The van der Waals surface area contributed by atoms with E-state index in [9.17, 15) is 0 Å². The van der Waals surface area contributed by atoms with Gasteiger partial charge in [0.05, 0.1) is 0 Å².